The molecule has 2 aromatic rings. The highest BCUT2D eigenvalue weighted by Crippen LogP contribution is 2.29. The van der Waals surface area contributed by atoms with Crippen LogP contribution in [-0.2, 0) is 17.8 Å². The molecule has 0 fully saturated rings. The van der Waals surface area contributed by atoms with Crippen molar-refractivity contribution >= 4 is 17.2 Å². The second-order valence-electron chi connectivity index (χ2n) is 5.20. The number of hydrogen-bond donors (Lipinski definition) is 1. The van der Waals surface area contributed by atoms with Crippen molar-refractivity contribution in [3.8, 4) is 10.4 Å². The summed E-state index contributed by atoms with van der Waals surface area (Å²) in [4.78, 5) is 14.1. The van der Waals surface area contributed by atoms with E-state index >= 15 is 0 Å². The van der Waals surface area contributed by atoms with E-state index in [0.29, 0.717) is 13.0 Å². The molecule has 0 aliphatic rings. The summed E-state index contributed by atoms with van der Waals surface area (Å²) in [7, 11) is 0. The van der Waals surface area contributed by atoms with Gasteiger partial charge in [0.05, 0.1) is 0 Å². The van der Waals surface area contributed by atoms with Crippen molar-refractivity contribution in [2.45, 2.75) is 46.1 Å². The molecule has 1 aromatic carbocycles. The Morgan fingerprint density at radius 1 is 1.19 bits per heavy atom. The summed E-state index contributed by atoms with van der Waals surface area (Å²) < 4.78 is 0. The Labute approximate surface area is 131 Å². The number of nitrogens with one attached hydrogen (secondary N) is 1. The second-order valence-corrected chi connectivity index (χ2v) is 6.37. The highest BCUT2D eigenvalue weighted by atomic mass is 32.1. The highest BCUT2D eigenvalue weighted by Gasteiger charge is 2.04. The van der Waals surface area contributed by atoms with Gasteiger partial charge in [0.1, 0.15) is 0 Å². The van der Waals surface area contributed by atoms with Crippen molar-refractivity contribution in [3.05, 3.63) is 46.8 Å². The first-order chi connectivity index (χ1) is 10.2. The van der Waals surface area contributed by atoms with E-state index in [2.05, 4.69) is 48.6 Å². The number of amides is 1. The summed E-state index contributed by atoms with van der Waals surface area (Å²) in [6.45, 7) is 4.70. The number of carbonyl (C=O) groups excluding carboxylic acids is 1. The van der Waals surface area contributed by atoms with Gasteiger partial charge in [-0.05, 0) is 42.2 Å². The van der Waals surface area contributed by atoms with Gasteiger partial charge in [-0.25, -0.2) is 0 Å². The maximum atomic E-state index is 11.3. The van der Waals surface area contributed by atoms with E-state index in [1.165, 1.54) is 34.6 Å². The number of hydrogen-bond acceptors (Lipinski definition) is 2. The molecule has 3 heteroatoms. The van der Waals surface area contributed by atoms with Crippen molar-refractivity contribution in [2.75, 3.05) is 0 Å². The Morgan fingerprint density at radius 2 is 2.05 bits per heavy atom. The lowest BCUT2D eigenvalue weighted by Crippen LogP contribution is -2.21. The molecule has 1 aromatic heterocycles. The second kappa shape index (κ2) is 7.99. The predicted molar refractivity (Wildman–Crippen MR) is 90.5 cm³/mol. The summed E-state index contributed by atoms with van der Waals surface area (Å²) in [5, 5.41) is 2.92. The molecule has 112 valence electrons. The molecule has 1 N–H and O–H groups in total. The molecule has 0 aliphatic carbocycles. The molecule has 0 radical (unpaired) electrons. The first kappa shape index (κ1) is 15.8. The van der Waals surface area contributed by atoms with Crippen molar-refractivity contribution in [2.24, 2.45) is 0 Å². The van der Waals surface area contributed by atoms with Gasteiger partial charge >= 0.3 is 0 Å². The molecule has 0 atom stereocenters. The van der Waals surface area contributed by atoms with Crippen molar-refractivity contribution in [3.63, 3.8) is 0 Å². The van der Waals surface area contributed by atoms with Crippen molar-refractivity contribution in [1.82, 2.24) is 5.32 Å². The SMILES string of the molecule is CCCCc1ccc(-c2cccc(CNC(=O)CC)c2)s1. The lowest BCUT2D eigenvalue weighted by Gasteiger charge is -2.05. The standard InChI is InChI=1S/C18H23NOS/c1-3-5-9-16-10-11-17(21-16)15-8-6-7-14(12-15)13-19-18(20)4-2/h6-8,10-12H,3-5,9,13H2,1-2H3,(H,19,20). The Balaban J connectivity index is 2.06. The van der Waals surface area contributed by atoms with Gasteiger partial charge < -0.3 is 5.32 Å². The van der Waals surface area contributed by atoms with Crippen LogP contribution in [0.1, 0.15) is 43.6 Å². The Morgan fingerprint density at radius 3 is 2.81 bits per heavy atom. The molecule has 2 rings (SSSR count). The number of thiophene rings is 1. The molecule has 0 saturated heterocycles. The molecule has 0 spiro atoms. The van der Waals surface area contributed by atoms with Gasteiger partial charge in [0.15, 0.2) is 0 Å². The molecule has 21 heavy (non-hydrogen) atoms. The van der Waals surface area contributed by atoms with Gasteiger partial charge in [-0.15, -0.1) is 11.3 Å². The minimum atomic E-state index is 0.0957. The molecule has 0 unspecified atom stereocenters. The third-order valence-electron chi connectivity index (χ3n) is 3.46. The van der Waals surface area contributed by atoms with E-state index in [4.69, 9.17) is 0 Å². The first-order valence-corrected chi connectivity index (χ1v) is 8.49. The molecular weight excluding hydrogens is 278 g/mol. The van der Waals surface area contributed by atoms with Crippen LogP contribution in [0.4, 0.5) is 0 Å². The van der Waals surface area contributed by atoms with Crippen LogP contribution < -0.4 is 5.32 Å². The topological polar surface area (TPSA) is 29.1 Å². The number of rotatable bonds is 7. The monoisotopic (exact) mass is 301 g/mol. The van der Waals surface area contributed by atoms with Gasteiger partial charge in [-0.2, -0.15) is 0 Å². The van der Waals surface area contributed by atoms with Crippen molar-refractivity contribution in [1.29, 1.82) is 0 Å². The number of benzene rings is 1. The minimum absolute atomic E-state index is 0.0957. The van der Waals surface area contributed by atoms with Gasteiger partial charge in [0.2, 0.25) is 5.91 Å². The first-order valence-electron chi connectivity index (χ1n) is 7.67. The van der Waals surface area contributed by atoms with E-state index in [1.54, 1.807) is 0 Å². The van der Waals surface area contributed by atoms with Gasteiger partial charge in [-0.1, -0.05) is 38.5 Å². The average molecular weight is 301 g/mol. The molecular formula is C18H23NOS. The van der Waals surface area contributed by atoms with E-state index in [-0.39, 0.29) is 5.91 Å². The van der Waals surface area contributed by atoms with Crippen LogP contribution in [0.5, 0.6) is 0 Å². The number of carbonyl (C=O) groups is 1. The van der Waals surface area contributed by atoms with Crippen LogP contribution in [0.15, 0.2) is 36.4 Å². The van der Waals surface area contributed by atoms with Gasteiger partial charge in [0.25, 0.3) is 0 Å². The van der Waals surface area contributed by atoms with Crippen LogP contribution in [-0.4, -0.2) is 5.91 Å². The Bertz CT molecular complexity index is 588. The third kappa shape index (κ3) is 4.71. The predicted octanol–water partition coefficient (Wildman–Crippen LogP) is 4.78. The summed E-state index contributed by atoms with van der Waals surface area (Å²) in [6, 6.07) is 12.9. The van der Waals surface area contributed by atoms with E-state index in [0.717, 1.165) is 5.56 Å². The minimum Gasteiger partial charge on any atom is -0.352 e. The zero-order valence-corrected chi connectivity index (χ0v) is 13.6. The quantitative estimate of drug-likeness (QED) is 0.783. The van der Waals surface area contributed by atoms with Crippen LogP contribution in [0, 0.1) is 0 Å². The average Bonchev–Trinajstić information content (AvgIpc) is 2.99. The fraction of sp³-hybridized carbons (Fsp3) is 0.389. The Hall–Kier alpha value is -1.61. The molecule has 0 bridgehead atoms. The van der Waals surface area contributed by atoms with Gasteiger partial charge in [0, 0.05) is 22.7 Å². The highest BCUT2D eigenvalue weighted by molar-refractivity contribution is 7.15. The fourth-order valence-electron chi connectivity index (χ4n) is 2.18. The lowest BCUT2D eigenvalue weighted by atomic mass is 10.1. The fourth-order valence-corrected chi connectivity index (χ4v) is 3.22. The largest absolute Gasteiger partial charge is 0.352 e. The molecule has 0 saturated carbocycles. The third-order valence-corrected chi connectivity index (χ3v) is 4.65. The van der Waals surface area contributed by atoms with E-state index in [1.807, 2.05) is 18.3 Å². The lowest BCUT2D eigenvalue weighted by molar-refractivity contribution is -0.120. The zero-order valence-electron chi connectivity index (χ0n) is 12.8. The molecule has 0 aliphatic heterocycles. The maximum absolute atomic E-state index is 11.3. The summed E-state index contributed by atoms with van der Waals surface area (Å²) in [6.07, 6.45) is 4.20. The zero-order chi connectivity index (χ0) is 15.1. The van der Waals surface area contributed by atoms with Crippen molar-refractivity contribution < 1.29 is 4.79 Å². The number of unbranched alkanes of at least 4 members (excludes halogenated alkanes) is 1. The molecule has 1 heterocycles. The van der Waals surface area contributed by atoms with Crippen LogP contribution in [0.25, 0.3) is 10.4 Å². The normalized spacial score (nSPS) is 10.6. The van der Waals surface area contributed by atoms with E-state index in [9.17, 15) is 4.79 Å². The van der Waals surface area contributed by atoms with E-state index < -0.39 is 0 Å². The maximum Gasteiger partial charge on any atom is 0.219 e. The molecule has 1 amide bonds. The summed E-state index contributed by atoms with van der Waals surface area (Å²) in [5.41, 5.74) is 2.39. The van der Waals surface area contributed by atoms with Crippen LogP contribution in [0.3, 0.4) is 0 Å². The summed E-state index contributed by atoms with van der Waals surface area (Å²) in [5.74, 6) is 0.0957. The Kier molecular flexibility index (Phi) is 6.00. The smallest absolute Gasteiger partial charge is 0.219 e. The van der Waals surface area contributed by atoms with Gasteiger partial charge in [-0.3, -0.25) is 4.79 Å². The molecule has 2 nitrogen and oxygen atoms in total. The number of aryl methyl sites for hydroxylation is 1. The van der Waals surface area contributed by atoms with Crippen LogP contribution in [0.2, 0.25) is 0 Å². The van der Waals surface area contributed by atoms with Crippen LogP contribution >= 0.6 is 11.3 Å². The summed E-state index contributed by atoms with van der Waals surface area (Å²) >= 11 is 1.88.